The van der Waals surface area contributed by atoms with Gasteiger partial charge >= 0.3 is 0 Å². The summed E-state index contributed by atoms with van der Waals surface area (Å²) in [5.74, 6) is -0.311. The van der Waals surface area contributed by atoms with Gasteiger partial charge in [-0.05, 0) is 29.7 Å². The van der Waals surface area contributed by atoms with Crippen molar-refractivity contribution in [1.29, 1.82) is 0 Å². The molecule has 0 fully saturated rings. The van der Waals surface area contributed by atoms with Crippen LogP contribution in [0.3, 0.4) is 0 Å². The topological polar surface area (TPSA) is 46.6 Å². The van der Waals surface area contributed by atoms with Crippen molar-refractivity contribution in [3.05, 3.63) is 71.2 Å². The summed E-state index contributed by atoms with van der Waals surface area (Å²) in [5, 5.41) is 2.54. The van der Waals surface area contributed by atoms with Crippen molar-refractivity contribution in [2.75, 3.05) is 18.1 Å². The largest absolute Gasteiger partial charge is 0.491 e. The maximum atomic E-state index is 12.2. The predicted octanol–water partition coefficient (Wildman–Crippen LogP) is 4.10. The van der Waals surface area contributed by atoms with Crippen molar-refractivity contribution in [3.63, 3.8) is 0 Å². The molecule has 1 aliphatic heterocycles. The van der Waals surface area contributed by atoms with Gasteiger partial charge in [-0.1, -0.05) is 48.0 Å². The van der Waals surface area contributed by atoms with Crippen LogP contribution in [0.1, 0.15) is 10.4 Å². The third kappa shape index (κ3) is 2.75. The van der Waals surface area contributed by atoms with Crippen molar-refractivity contribution in [2.24, 2.45) is 0 Å². The first-order valence-corrected chi connectivity index (χ1v) is 8.29. The van der Waals surface area contributed by atoms with Crippen LogP contribution < -0.4 is 9.64 Å². The highest BCUT2D eigenvalue weighted by Gasteiger charge is 2.35. The van der Waals surface area contributed by atoms with E-state index in [4.69, 9.17) is 16.3 Å². The Kier molecular flexibility index (Phi) is 3.90. The van der Waals surface area contributed by atoms with Gasteiger partial charge in [0.15, 0.2) is 0 Å². The number of carbonyl (C=O) groups is 2. The smallest absolute Gasteiger partial charge is 0.299 e. The Bertz CT molecular complexity index is 994. The number of Topliss-reactive ketones (excluding diaryl/α,β-unsaturated/α-hetero) is 1. The van der Waals surface area contributed by atoms with Gasteiger partial charge in [-0.25, -0.2) is 0 Å². The molecular formula is C20H14ClNO3. The Labute approximate surface area is 149 Å². The van der Waals surface area contributed by atoms with Crippen LogP contribution in [0.5, 0.6) is 5.75 Å². The summed E-state index contributed by atoms with van der Waals surface area (Å²) in [6.07, 6.45) is 0. The van der Waals surface area contributed by atoms with Gasteiger partial charge in [-0.15, -0.1) is 0 Å². The van der Waals surface area contributed by atoms with E-state index in [1.807, 2.05) is 42.5 Å². The Morgan fingerprint density at radius 1 is 0.960 bits per heavy atom. The third-order valence-corrected chi connectivity index (χ3v) is 4.49. The Morgan fingerprint density at radius 3 is 2.64 bits per heavy atom. The summed E-state index contributed by atoms with van der Waals surface area (Å²) < 4.78 is 5.87. The van der Waals surface area contributed by atoms with Crippen LogP contribution in [0.25, 0.3) is 10.8 Å². The summed E-state index contributed by atoms with van der Waals surface area (Å²) in [7, 11) is 0. The minimum Gasteiger partial charge on any atom is -0.491 e. The average molecular weight is 352 g/mol. The maximum Gasteiger partial charge on any atom is 0.299 e. The zero-order chi connectivity index (χ0) is 17.4. The van der Waals surface area contributed by atoms with Gasteiger partial charge in [0.1, 0.15) is 12.4 Å². The van der Waals surface area contributed by atoms with Crippen LogP contribution in [-0.2, 0) is 4.79 Å². The number of nitrogens with zero attached hydrogens (tertiary/aromatic N) is 1. The van der Waals surface area contributed by atoms with E-state index in [0.29, 0.717) is 22.8 Å². The summed E-state index contributed by atoms with van der Waals surface area (Å²) in [4.78, 5) is 25.7. The molecule has 124 valence electrons. The van der Waals surface area contributed by atoms with Gasteiger partial charge in [0, 0.05) is 10.4 Å². The molecule has 0 spiro atoms. The van der Waals surface area contributed by atoms with E-state index in [1.54, 1.807) is 12.1 Å². The molecule has 25 heavy (non-hydrogen) atoms. The molecule has 0 saturated carbocycles. The van der Waals surface area contributed by atoms with Gasteiger partial charge in [-0.2, -0.15) is 0 Å². The lowest BCUT2D eigenvalue weighted by molar-refractivity contribution is -0.114. The first-order valence-electron chi connectivity index (χ1n) is 7.91. The molecule has 0 aliphatic carbocycles. The van der Waals surface area contributed by atoms with Crippen LogP contribution in [0.15, 0.2) is 60.7 Å². The van der Waals surface area contributed by atoms with E-state index in [1.165, 1.54) is 11.0 Å². The summed E-state index contributed by atoms with van der Waals surface area (Å²) in [5.41, 5.74) is 0.934. The van der Waals surface area contributed by atoms with Gasteiger partial charge in [0.2, 0.25) is 0 Å². The van der Waals surface area contributed by atoms with Crippen LogP contribution in [0.2, 0.25) is 5.02 Å². The molecule has 0 saturated heterocycles. The SMILES string of the molecule is O=C1C(=O)N(CCOc2cccc3ccccc23)c2ccc(Cl)cc21. The summed E-state index contributed by atoms with van der Waals surface area (Å²) in [6.45, 7) is 0.581. The molecule has 3 aromatic carbocycles. The molecule has 1 aliphatic rings. The molecule has 1 heterocycles. The van der Waals surface area contributed by atoms with Crippen molar-refractivity contribution in [2.45, 2.75) is 0 Å². The van der Waals surface area contributed by atoms with Crippen molar-refractivity contribution in [1.82, 2.24) is 0 Å². The maximum absolute atomic E-state index is 12.2. The zero-order valence-electron chi connectivity index (χ0n) is 13.2. The summed E-state index contributed by atoms with van der Waals surface area (Å²) in [6, 6.07) is 18.7. The predicted molar refractivity (Wildman–Crippen MR) is 97.6 cm³/mol. The highest BCUT2D eigenvalue weighted by atomic mass is 35.5. The fourth-order valence-electron chi connectivity index (χ4n) is 3.06. The summed E-state index contributed by atoms with van der Waals surface area (Å²) >= 11 is 5.92. The van der Waals surface area contributed by atoms with E-state index in [-0.39, 0.29) is 6.61 Å². The lowest BCUT2D eigenvalue weighted by Gasteiger charge is -2.17. The second-order valence-electron chi connectivity index (χ2n) is 5.77. The van der Waals surface area contributed by atoms with E-state index in [0.717, 1.165) is 16.5 Å². The van der Waals surface area contributed by atoms with Crippen LogP contribution in [-0.4, -0.2) is 24.8 Å². The Balaban J connectivity index is 1.52. The number of halogens is 1. The van der Waals surface area contributed by atoms with Crippen molar-refractivity contribution in [3.8, 4) is 5.75 Å². The number of fused-ring (bicyclic) bond motifs is 2. The number of carbonyl (C=O) groups excluding carboxylic acids is 2. The number of anilines is 1. The fourth-order valence-corrected chi connectivity index (χ4v) is 3.24. The van der Waals surface area contributed by atoms with Crippen molar-refractivity contribution < 1.29 is 14.3 Å². The second kappa shape index (κ2) is 6.22. The van der Waals surface area contributed by atoms with E-state index >= 15 is 0 Å². The monoisotopic (exact) mass is 351 g/mol. The lowest BCUT2D eigenvalue weighted by Crippen LogP contribution is -2.33. The third-order valence-electron chi connectivity index (χ3n) is 4.26. The van der Waals surface area contributed by atoms with Crippen LogP contribution >= 0.6 is 11.6 Å². The average Bonchev–Trinajstić information content (AvgIpc) is 2.86. The Morgan fingerprint density at radius 2 is 1.76 bits per heavy atom. The van der Waals surface area contributed by atoms with Crippen LogP contribution in [0, 0.1) is 0 Å². The molecule has 0 unspecified atom stereocenters. The number of amides is 1. The first-order chi connectivity index (χ1) is 12.1. The molecule has 0 bridgehead atoms. The van der Waals surface area contributed by atoms with E-state index in [2.05, 4.69) is 0 Å². The Hall–Kier alpha value is -2.85. The fraction of sp³-hybridized carbons (Fsp3) is 0.100. The minimum atomic E-state index is -0.543. The van der Waals surface area contributed by atoms with Crippen molar-refractivity contribution >= 4 is 39.8 Å². The molecule has 0 radical (unpaired) electrons. The molecule has 0 N–H and O–H groups in total. The van der Waals surface area contributed by atoms with E-state index < -0.39 is 11.7 Å². The molecule has 0 aromatic heterocycles. The highest BCUT2D eigenvalue weighted by molar-refractivity contribution is 6.52. The quantitative estimate of drug-likeness (QED) is 0.665. The number of ketones is 1. The van der Waals surface area contributed by atoms with Gasteiger partial charge < -0.3 is 9.64 Å². The number of hydrogen-bond donors (Lipinski definition) is 0. The molecule has 3 aromatic rings. The lowest BCUT2D eigenvalue weighted by atomic mass is 10.1. The molecule has 5 heteroatoms. The molecular weight excluding hydrogens is 338 g/mol. The first kappa shape index (κ1) is 15.7. The van der Waals surface area contributed by atoms with Gasteiger partial charge in [-0.3, -0.25) is 9.59 Å². The number of hydrogen-bond acceptors (Lipinski definition) is 3. The number of benzene rings is 3. The molecule has 1 amide bonds. The van der Waals surface area contributed by atoms with Crippen LogP contribution in [0.4, 0.5) is 5.69 Å². The number of ether oxygens (including phenoxy) is 1. The molecule has 4 nitrogen and oxygen atoms in total. The van der Waals surface area contributed by atoms with Gasteiger partial charge in [0.25, 0.3) is 11.7 Å². The highest BCUT2D eigenvalue weighted by Crippen LogP contribution is 2.31. The molecule has 4 rings (SSSR count). The minimum absolute atomic E-state index is 0.287. The second-order valence-corrected chi connectivity index (χ2v) is 6.21. The normalized spacial score (nSPS) is 13.4. The molecule has 0 atom stereocenters. The number of rotatable bonds is 4. The zero-order valence-corrected chi connectivity index (χ0v) is 14.0. The van der Waals surface area contributed by atoms with Gasteiger partial charge in [0.05, 0.1) is 17.8 Å². The standard InChI is InChI=1S/C20H14ClNO3/c21-14-8-9-17-16(12-14)19(23)20(24)22(17)10-11-25-18-7-3-5-13-4-1-2-6-15(13)18/h1-9,12H,10-11H2. The van der Waals surface area contributed by atoms with E-state index in [9.17, 15) is 9.59 Å².